The van der Waals surface area contributed by atoms with Gasteiger partial charge in [-0.3, -0.25) is 9.59 Å². The van der Waals surface area contributed by atoms with Crippen molar-refractivity contribution in [1.29, 1.82) is 0 Å². The van der Waals surface area contributed by atoms with Crippen molar-refractivity contribution in [3.63, 3.8) is 0 Å². The molecule has 0 aliphatic heterocycles. The van der Waals surface area contributed by atoms with Gasteiger partial charge in [-0.1, -0.05) is 54.8 Å². The predicted octanol–water partition coefficient (Wildman–Crippen LogP) is 3.58. The van der Waals surface area contributed by atoms with Crippen LogP contribution in [0.1, 0.15) is 60.8 Å². The van der Waals surface area contributed by atoms with Crippen LogP contribution in [0.25, 0.3) is 0 Å². The van der Waals surface area contributed by atoms with Gasteiger partial charge in [0.25, 0.3) is 5.91 Å². The lowest BCUT2D eigenvalue weighted by molar-refractivity contribution is -0.137. The van der Waals surface area contributed by atoms with Crippen LogP contribution < -0.4 is 5.32 Å². The van der Waals surface area contributed by atoms with Crippen LogP contribution >= 0.6 is 0 Å². The van der Waals surface area contributed by atoms with E-state index in [0.717, 1.165) is 32.1 Å². The van der Waals surface area contributed by atoms with Crippen LogP contribution in [0, 0.1) is 5.92 Å². The molecule has 6 heteroatoms. The third-order valence-electron chi connectivity index (χ3n) is 5.25. The fraction of sp³-hybridized carbons (Fsp3) is 0.500. The number of hydrogen-bond acceptors (Lipinski definition) is 4. The van der Waals surface area contributed by atoms with Crippen LogP contribution in [0.5, 0.6) is 0 Å². The van der Waals surface area contributed by atoms with E-state index in [2.05, 4.69) is 22.6 Å². The van der Waals surface area contributed by atoms with Gasteiger partial charge < -0.3 is 14.7 Å². The van der Waals surface area contributed by atoms with Crippen molar-refractivity contribution in [3.05, 3.63) is 53.4 Å². The van der Waals surface area contributed by atoms with E-state index >= 15 is 0 Å². The first-order valence-corrected chi connectivity index (χ1v) is 10.2. The highest BCUT2D eigenvalue weighted by Gasteiger charge is 2.27. The molecule has 0 spiro atoms. The summed E-state index contributed by atoms with van der Waals surface area (Å²) in [6, 6.07) is 11.8. The Morgan fingerprint density at radius 2 is 1.93 bits per heavy atom. The van der Waals surface area contributed by atoms with Crippen molar-refractivity contribution in [2.45, 2.75) is 52.0 Å². The van der Waals surface area contributed by atoms with E-state index in [0.29, 0.717) is 25.4 Å². The highest BCUT2D eigenvalue weighted by Crippen LogP contribution is 2.26. The average molecular weight is 383 g/mol. The summed E-state index contributed by atoms with van der Waals surface area (Å²) < 4.78 is 5.35. The number of hydrogen-bond donors (Lipinski definition) is 1. The Morgan fingerprint density at radius 3 is 2.64 bits per heavy atom. The van der Waals surface area contributed by atoms with Gasteiger partial charge in [0.05, 0.1) is 6.54 Å². The monoisotopic (exact) mass is 383 g/mol. The zero-order chi connectivity index (χ0) is 19.8. The smallest absolute Gasteiger partial charge is 0.273 e. The maximum absolute atomic E-state index is 13.2. The van der Waals surface area contributed by atoms with E-state index in [9.17, 15) is 9.59 Å². The molecule has 2 aromatic rings. The van der Waals surface area contributed by atoms with Crippen molar-refractivity contribution in [2.24, 2.45) is 5.92 Å². The van der Waals surface area contributed by atoms with Gasteiger partial charge in [0.15, 0.2) is 11.5 Å². The minimum absolute atomic E-state index is 0.0929. The minimum Gasteiger partial charge on any atom is -0.359 e. The van der Waals surface area contributed by atoms with Crippen molar-refractivity contribution >= 4 is 11.8 Å². The van der Waals surface area contributed by atoms with Gasteiger partial charge >= 0.3 is 0 Å². The molecular formula is C22H29N3O3. The molecule has 150 valence electrons. The molecule has 1 heterocycles. The number of nitrogens with one attached hydrogen (secondary N) is 1. The molecule has 1 aliphatic rings. The third-order valence-corrected chi connectivity index (χ3v) is 5.25. The van der Waals surface area contributed by atoms with Crippen LogP contribution in [-0.4, -0.2) is 35.0 Å². The summed E-state index contributed by atoms with van der Waals surface area (Å²) >= 11 is 0. The SMILES string of the molecule is CCNC(=O)c1cc(CN(CCc2ccccc2)C(=O)C2CCCCC2)on1. The number of amides is 2. The first-order chi connectivity index (χ1) is 13.7. The second kappa shape index (κ2) is 10.1. The fourth-order valence-electron chi connectivity index (χ4n) is 3.72. The molecule has 28 heavy (non-hydrogen) atoms. The molecule has 1 fully saturated rings. The van der Waals surface area contributed by atoms with E-state index in [4.69, 9.17) is 4.52 Å². The van der Waals surface area contributed by atoms with Crippen molar-refractivity contribution in [3.8, 4) is 0 Å². The largest absolute Gasteiger partial charge is 0.359 e. The molecule has 0 atom stereocenters. The molecule has 1 aromatic heterocycles. The Bertz CT molecular complexity index is 766. The molecule has 0 unspecified atom stereocenters. The lowest BCUT2D eigenvalue weighted by Crippen LogP contribution is -2.37. The Balaban J connectivity index is 1.69. The molecule has 0 bridgehead atoms. The summed E-state index contributed by atoms with van der Waals surface area (Å²) in [7, 11) is 0. The Hall–Kier alpha value is -2.63. The average Bonchev–Trinajstić information content (AvgIpc) is 3.21. The van der Waals surface area contributed by atoms with Crippen molar-refractivity contribution < 1.29 is 14.1 Å². The van der Waals surface area contributed by atoms with Crippen molar-refractivity contribution in [1.82, 2.24) is 15.4 Å². The number of carbonyl (C=O) groups is 2. The van der Waals surface area contributed by atoms with Gasteiger partial charge in [0.1, 0.15) is 0 Å². The first kappa shape index (κ1) is 20.1. The highest BCUT2D eigenvalue weighted by molar-refractivity contribution is 5.92. The zero-order valence-electron chi connectivity index (χ0n) is 16.5. The van der Waals surface area contributed by atoms with E-state index in [1.807, 2.05) is 30.0 Å². The van der Waals surface area contributed by atoms with Crippen LogP contribution in [0.4, 0.5) is 0 Å². The lowest BCUT2D eigenvalue weighted by Gasteiger charge is -2.28. The number of benzene rings is 1. The number of carbonyl (C=O) groups excluding carboxylic acids is 2. The lowest BCUT2D eigenvalue weighted by atomic mass is 9.88. The maximum Gasteiger partial charge on any atom is 0.273 e. The van der Waals surface area contributed by atoms with Gasteiger partial charge in [-0.25, -0.2) is 0 Å². The Morgan fingerprint density at radius 1 is 1.18 bits per heavy atom. The molecule has 1 saturated carbocycles. The normalized spacial score (nSPS) is 14.6. The van der Waals surface area contributed by atoms with Crippen molar-refractivity contribution in [2.75, 3.05) is 13.1 Å². The highest BCUT2D eigenvalue weighted by atomic mass is 16.5. The van der Waals surface area contributed by atoms with E-state index in [1.54, 1.807) is 6.07 Å². The second-order valence-corrected chi connectivity index (χ2v) is 7.37. The molecule has 0 radical (unpaired) electrons. The molecular weight excluding hydrogens is 354 g/mol. The zero-order valence-corrected chi connectivity index (χ0v) is 16.5. The fourth-order valence-corrected chi connectivity index (χ4v) is 3.72. The van der Waals surface area contributed by atoms with Crippen LogP contribution in [0.3, 0.4) is 0 Å². The van der Waals surface area contributed by atoms with Gasteiger partial charge in [0.2, 0.25) is 5.91 Å². The van der Waals surface area contributed by atoms with Gasteiger partial charge in [0, 0.05) is 25.1 Å². The predicted molar refractivity (Wildman–Crippen MR) is 107 cm³/mol. The molecule has 3 rings (SSSR count). The summed E-state index contributed by atoms with van der Waals surface area (Å²) in [4.78, 5) is 26.9. The minimum atomic E-state index is -0.257. The number of aromatic nitrogens is 1. The van der Waals surface area contributed by atoms with E-state index in [-0.39, 0.29) is 23.4 Å². The molecule has 0 saturated heterocycles. The van der Waals surface area contributed by atoms with Gasteiger partial charge in [-0.05, 0) is 31.7 Å². The maximum atomic E-state index is 13.2. The quantitative estimate of drug-likeness (QED) is 0.756. The van der Waals surface area contributed by atoms with E-state index < -0.39 is 0 Å². The standard InChI is InChI=1S/C22H29N3O3/c1-2-23-21(26)20-15-19(28-24-20)16-25(14-13-17-9-5-3-6-10-17)22(27)18-11-7-4-8-12-18/h3,5-6,9-10,15,18H,2,4,7-8,11-14,16H2,1H3,(H,23,26). The summed E-state index contributed by atoms with van der Waals surface area (Å²) in [5.41, 5.74) is 1.45. The van der Waals surface area contributed by atoms with Gasteiger partial charge in [-0.2, -0.15) is 0 Å². The molecule has 6 nitrogen and oxygen atoms in total. The number of rotatable bonds is 8. The molecule has 1 N–H and O–H groups in total. The van der Waals surface area contributed by atoms with Gasteiger partial charge in [-0.15, -0.1) is 0 Å². The number of nitrogens with zero attached hydrogens (tertiary/aromatic N) is 2. The summed E-state index contributed by atoms with van der Waals surface area (Å²) in [5, 5.41) is 6.56. The van der Waals surface area contributed by atoms with Crippen LogP contribution in [0.2, 0.25) is 0 Å². The Labute approximate surface area is 166 Å². The van der Waals surface area contributed by atoms with Crippen LogP contribution in [-0.2, 0) is 17.8 Å². The second-order valence-electron chi connectivity index (χ2n) is 7.37. The summed E-state index contributed by atoms with van der Waals surface area (Å²) in [6.07, 6.45) is 6.16. The third kappa shape index (κ3) is 5.44. The molecule has 1 aromatic carbocycles. The topological polar surface area (TPSA) is 75.4 Å². The van der Waals surface area contributed by atoms with Crippen LogP contribution in [0.15, 0.2) is 40.9 Å². The first-order valence-electron chi connectivity index (χ1n) is 10.2. The summed E-state index contributed by atoms with van der Waals surface area (Å²) in [6.45, 7) is 3.35. The molecule has 2 amide bonds. The van der Waals surface area contributed by atoms with E-state index in [1.165, 1.54) is 12.0 Å². The molecule has 1 aliphatic carbocycles. The Kier molecular flexibility index (Phi) is 7.23. The summed E-state index contributed by atoms with van der Waals surface area (Å²) in [5.74, 6) is 0.562.